The van der Waals surface area contributed by atoms with E-state index in [2.05, 4.69) is 17.1 Å². The smallest absolute Gasteiger partial charge is 0.258 e. The minimum absolute atomic E-state index is 0.0372. The second kappa shape index (κ2) is 10.5. The Bertz CT molecular complexity index is 1490. The lowest BCUT2D eigenvalue weighted by Crippen LogP contribution is -2.49. The molecule has 4 N–H and O–H groups in total. The van der Waals surface area contributed by atoms with Crippen LogP contribution in [0.3, 0.4) is 0 Å². The number of rotatable bonds is 8. The molecule has 5 rings (SSSR count). The summed E-state index contributed by atoms with van der Waals surface area (Å²) in [6, 6.07) is 7.63. The summed E-state index contributed by atoms with van der Waals surface area (Å²) in [4.78, 5) is 28.3. The fourth-order valence-corrected chi connectivity index (χ4v) is 5.77. The van der Waals surface area contributed by atoms with Gasteiger partial charge in [-0.1, -0.05) is 19.9 Å². The number of hydrogen-bond acceptors (Lipinski definition) is 5. The van der Waals surface area contributed by atoms with Crippen molar-refractivity contribution in [1.29, 1.82) is 0 Å². The fraction of sp³-hybridized carbons (Fsp3) is 0.484. The molecule has 1 saturated carbocycles. The van der Waals surface area contributed by atoms with E-state index < -0.39 is 11.3 Å². The number of nitrogens with zero attached hydrogens (tertiary/aromatic N) is 2. The number of halogens is 1. The van der Waals surface area contributed by atoms with Crippen molar-refractivity contribution < 1.29 is 14.3 Å². The Balaban J connectivity index is 1.68. The molecule has 3 aromatic rings. The number of benzene rings is 2. The number of amides is 1. The van der Waals surface area contributed by atoms with Gasteiger partial charge in [-0.25, -0.2) is 4.39 Å². The monoisotopic (exact) mass is 534 g/mol. The number of aliphatic hydroxyl groups is 1. The maximum Gasteiger partial charge on any atom is 0.258 e. The minimum atomic E-state index is -0.624. The molecule has 0 radical (unpaired) electrons. The van der Waals surface area contributed by atoms with E-state index in [1.165, 1.54) is 0 Å². The van der Waals surface area contributed by atoms with Crippen LogP contribution < -0.4 is 16.6 Å². The van der Waals surface area contributed by atoms with E-state index in [1.54, 1.807) is 23.6 Å². The number of hydrogen-bond donors (Lipinski definition) is 3. The molecule has 1 aromatic heterocycles. The van der Waals surface area contributed by atoms with Crippen LogP contribution in [-0.4, -0.2) is 52.8 Å². The standard InChI is InChI=1S/C31H39FN4O3/c1-18-13-34-9-10-35(18)14-22-15-36(16-31(3,4)17-37)30(39)23-8-7-21(11-25(22)23)24-12-26(29(33)38)27(20-5-6-20)28(32)19(24)2/h7-8,11-12,15,18,20,34,37H,5-6,9-10,13-14,16-17H2,1-4H3,(H2,33,38)/t18-/m1/s1. The molecule has 2 aromatic carbocycles. The summed E-state index contributed by atoms with van der Waals surface area (Å²) < 4.78 is 17.3. The number of carbonyl (C=O) groups is 1. The second-order valence-electron chi connectivity index (χ2n) is 12.2. The summed E-state index contributed by atoms with van der Waals surface area (Å²) in [6.45, 7) is 11.5. The first-order valence-electron chi connectivity index (χ1n) is 13.9. The molecule has 8 heteroatoms. The number of nitrogens with two attached hydrogens (primary N) is 1. The maximum absolute atomic E-state index is 15.6. The molecule has 2 aliphatic rings. The molecule has 1 saturated heterocycles. The van der Waals surface area contributed by atoms with Gasteiger partial charge in [0.05, 0.1) is 0 Å². The molecule has 1 aliphatic heterocycles. The van der Waals surface area contributed by atoms with Crippen molar-refractivity contribution in [1.82, 2.24) is 14.8 Å². The van der Waals surface area contributed by atoms with Gasteiger partial charge in [-0.05, 0) is 78.4 Å². The van der Waals surface area contributed by atoms with Gasteiger partial charge in [0.1, 0.15) is 5.82 Å². The van der Waals surface area contributed by atoms with Gasteiger partial charge in [-0.15, -0.1) is 0 Å². The highest BCUT2D eigenvalue weighted by Gasteiger charge is 2.32. The lowest BCUT2D eigenvalue weighted by Gasteiger charge is -2.34. The van der Waals surface area contributed by atoms with E-state index >= 15 is 4.39 Å². The van der Waals surface area contributed by atoms with E-state index in [4.69, 9.17) is 5.73 Å². The Hall–Kier alpha value is -3.07. The van der Waals surface area contributed by atoms with Gasteiger partial charge in [0, 0.05) is 73.5 Å². The fourth-order valence-electron chi connectivity index (χ4n) is 5.77. The van der Waals surface area contributed by atoms with E-state index in [1.807, 2.05) is 32.2 Å². The molecule has 0 spiro atoms. The third-order valence-electron chi connectivity index (χ3n) is 8.32. The van der Waals surface area contributed by atoms with Gasteiger partial charge in [-0.3, -0.25) is 14.5 Å². The zero-order valence-electron chi connectivity index (χ0n) is 23.3. The number of carbonyl (C=O) groups excluding carboxylic acids is 1. The lowest BCUT2D eigenvalue weighted by molar-refractivity contribution is 0.0999. The van der Waals surface area contributed by atoms with Crippen molar-refractivity contribution in [3.8, 4) is 11.1 Å². The predicted octanol–water partition coefficient (Wildman–Crippen LogP) is 3.90. The van der Waals surface area contributed by atoms with Crippen LogP contribution in [0.1, 0.15) is 66.6 Å². The van der Waals surface area contributed by atoms with Crippen LogP contribution in [0, 0.1) is 18.2 Å². The van der Waals surface area contributed by atoms with Crippen molar-refractivity contribution >= 4 is 16.7 Å². The number of pyridine rings is 1. The number of nitrogens with one attached hydrogen (secondary N) is 1. The van der Waals surface area contributed by atoms with Crippen molar-refractivity contribution in [3.05, 3.63) is 68.9 Å². The number of fused-ring (bicyclic) bond motifs is 1. The molecular weight excluding hydrogens is 495 g/mol. The molecule has 1 amide bonds. The molecular formula is C31H39FN4O3. The van der Waals surface area contributed by atoms with Gasteiger partial charge in [0.25, 0.3) is 5.56 Å². The van der Waals surface area contributed by atoms with Gasteiger partial charge >= 0.3 is 0 Å². The van der Waals surface area contributed by atoms with Gasteiger partial charge in [0.15, 0.2) is 0 Å². The Kier molecular flexibility index (Phi) is 7.39. The van der Waals surface area contributed by atoms with E-state index in [0.29, 0.717) is 41.2 Å². The highest BCUT2D eigenvalue weighted by atomic mass is 19.1. The second-order valence-corrected chi connectivity index (χ2v) is 12.2. The van der Waals surface area contributed by atoms with Crippen LogP contribution in [-0.2, 0) is 13.1 Å². The van der Waals surface area contributed by atoms with Gasteiger partial charge in [0.2, 0.25) is 5.91 Å². The number of aromatic nitrogens is 1. The minimum Gasteiger partial charge on any atom is -0.396 e. The van der Waals surface area contributed by atoms with E-state index in [-0.39, 0.29) is 29.5 Å². The zero-order chi connectivity index (χ0) is 28.1. The zero-order valence-corrected chi connectivity index (χ0v) is 23.3. The molecule has 0 bridgehead atoms. The van der Waals surface area contributed by atoms with Crippen molar-refractivity contribution in [2.45, 2.75) is 65.6 Å². The number of primary amides is 1. The largest absolute Gasteiger partial charge is 0.396 e. The normalized spacial score (nSPS) is 18.6. The maximum atomic E-state index is 15.6. The van der Waals surface area contributed by atoms with Crippen LogP contribution in [0.5, 0.6) is 0 Å². The van der Waals surface area contributed by atoms with Crippen molar-refractivity contribution in [3.63, 3.8) is 0 Å². The van der Waals surface area contributed by atoms with Gasteiger partial charge < -0.3 is 20.7 Å². The SMILES string of the molecule is Cc1c(-c2ccc3c(=O)n(CC(C)(C)CO)cc(CN4CCNC[C@H]4C)c3c2)cc(C(N)=O)c(C2CC2)c1F. The average molecular weight is 535 g/mol. The Labute approximate surface area is 228 Å². The van der Waals surface area contributed by atoms with Crippen LogP contribution in [0.25, 0.3) is 21.9 Å². The molecule has 2 fully saturated rings. The summed E-state index contributed by atoms with van der Waals surface area (Å²) in [5, 5.41) is 14.7. The van der Waals surface area contributed by atoms with E-state index in [0.717, 1.165) is 49.0 Å². The number of aliphatic hydroxyl groups excluding tert-OH is 1. The predicted molar refractivity (Wildman–Crippen MR) is 152 cm³/mol. The summed E-state index contributed by atoms with van der Waals surface area (Å²) >= 11 is 0. The molecule has 7 nitrogen and oxygen atoms in total. The highest BCUT2D eigenvalue weighted by molar-refractivity contribution is 5.97. The molecule has 2 heterocycles. The molecule has 0 unspecified atom stereocenters. The van der Waals surface area contributed by atoms with Crippen LogP contribution in [0.4, 0.5) is 4.39 Å². The summed E-state index contributed by atoms with van der Waals surface area (Å²) in [5.41, 5.74) is 8.63. The molecule has 1 aliphatic carbocycles. The average Bonchev–Trinajstić information content (AvgIpc) is 3.74. The van der Waals surface area contributed by atoms with Crippen molar-refractivity contribution in [2.75, 3.05) is 26.2 Å². The summed E-state index contributed by atoms with van der Waals surface area (Å²) in [5.74, 6) is -0.938. The highest BCUT2D eigenvalue weighted by Crippen LogP contribution is 2.45. The quantitative estimate of drug-likeness (QED) is 0.407. The number of piperazine rings is 1. The van der Waals surface area contributed by atoms with Crippen LogP contribution in [0.15, 0.2) is 35.3 Å². The first-order valence-corrected chi connectivity index (χ1v) is 13.9. The first kappa shape index (κ1) is 27.5. The van der Waals surface area contributed by atoms with Gasteiger partial charge in [-0.2, -0.15) is 0 Å². The lowest BCUT2D eigenvalue weighted by atomic mass is 9.90. The molecule has 39 heavy (non-hydrogen) atoms. The topological polar surface area (TPSA) is 101 Å². The van der Waals surface area contributed by atoms with E-state index in [9.17, 15) is 14.7 Å². The summed E-state index contributed by atoms with van der Waals surface area (Å²) in [6.07, 6.45) is 3.64. The Morgan fingerprint density at radius 1 is 1.23 bits per heavy atom. The molecule has 208 valence electrons. The molecule has 1 atom stereocenters. The first-order chi connectivity index (χ1) is 18.5. The third kappa shape index (κ3) is 5.38. The third-order valence-corrected chi connectivity index (χ3v) is 8.32. The Morgan fingerprint density at radius 3 is 2.62 bits per heavy atom. The Morgan fingerprint density at radius 2 is 1.97 bits per heavy atom. The van der Waals surface area contributed by atoms with Crippen molar-refractivity contribution in [2.24, 2.45) is 11.1 Å². The van der Waals surface area contributed by atoms with Crippen LogP contribution in [0.2, 0.25) is 0 Å². The van der Waals surface area contributed by atoms with Crippen LogP contribution >= 0.6 is 0 Å². The summed E-state index contributed by atoms with van der Waals surface area (Å²) in [7, 11) is 0.